The molecule has 0 saturated carbocycles. The number of amidine groups is 1. The first-order valence-corrected chi connectivity index (χ1v) is 8.31. The number of carbonyl (C=O) groups excluding carboxylic acids is 1. The van der Waals surface area contributed by atoms with Crippen LogP contribution < -0.4 is 5.32 Å². The number of amides is 1. The number of aromatic nitrogens is 1. The van der Waals surface area contributed by atoms with Gasteiger partial charge in [-0.1, -0.05) is 17.8 Å². The van der Waals surface area contributed by atoms with Crippen molar-refractivity contribution >= 4 is 34.2 Å². The van der Waals surface area contributed by atoms with Gasteiger partial charge in [0.2, 0.25) is 5.91 Å². The van der Waals surface area contributed by atoms with Crippen LogP contribution >= 0.6 is 23.1 Å². The molecule has 1 saturated heterocycles. The third-order valence-corrected chi connectivity index (χ3v) is 5.72. The maximum atomic E-state index is 12.3. The van der Waals surface area contributed by atoms with E-state index in [9.17, 15) is 4.79 Å². The Balaban J connectivity index is 1.85. The van der Waals surface area contributed by atoms with Crippen molar-refractivity contribution in [3.63, 3.8) is 0 Å². The number of thioether (sulfide) groups is 1. The third kappa shape index (κ3) is 2.73. The monoisotopic (exact) mass is 317 g/mol. The fraction of sp³-hybridized carbons (Fsp3) is 0.267. The number of nitrogens with one attached hydrogen (secondary N) is 1. The van der Waals surface area contributed by atoms with Crippen LogP contribution in [0.2, 0.25) is 0 Å². The number of carbonyl (C=O) groups is 1. The summed E-state index contributed by atoms with van der Waals surface area (Å²) in [5, 5.41) is 5.61. The van der Waals surface area contributed by atoms with Gasteiger partial charge >= 0.3 is 0 Å². The summed E-state index contributed by atoms with van der Waals surface area (Å²) in [5.74, 6) is -0.0316. The van der Waals surface area contributed by atoms with Crippen molar-refractivity contribution in [2.45, 2.75) is 24.6 Å². The number of pyridine rings is 1. The first-order valence-electron chi connectivity index (χ1n) is 6.62. The Morgan fingerprint density at radius 2 is 2.10 bits per heavy atom. The minimum Gasteiger partial charge on any atom is -0.304 e. The quantitative estimate of drug-likeness (QED) is 0.944. The van der Waals surface area contributed by atoms with E-state index in [4.69, 9.17) is 0 Å². The summed E-state index contributed by atoms with van der Waals surface area (Å²) in [6.45, 7) is 3.95. The summed E-state index contributed by atoms with van der Waals surface area (Å²) in [6, 6.07) is 7.87. The zero-order chi connectivity index (χ0) is 14.9. The Labute approximate surface area is 131 Å². The lowest BCUT2D eigenvalue weighted by molar-refractivity contribution is -0.121. The van der Waals surface area contributed by atoms with Crippen molar-refractivity contribution in [1.82, 2.24) is 10.3 Å². The van der Waals surface area contributed by atoms with Gasteiger partial charge in [0, 0.05) is 17.3 Å². The Morgan fingerprint density at radius 1 is 1.33 bits per heavy atom. The fourth-order valence-corrected chi connectivity index (χ4v) is 4.03. The van der Waals surface area contributed by atoms with Crippen molar-refractivity contribution in [1.29, 1.82) is 0 Å². The van der Waals surface area contributed by atoms with Crippen LogP contribution in [0.5, 0.6) is 0 Å². The zero-order valence-electron chi connectivity index (χ0n) is 11.7. The van der Waals surface area contributed by atoms with Gasteiger partial charge < -0.3 is 5.32 Å². The number of thiophene rings is 1. The predicted octanol–water partition coefficient (Wildman–Crippen LogP) is 3.34. The Hall–Kier alpha value is -1.66. The molecule has 0 radical (unpaired) electrons. The van der Waals surface area contributed by atoms with Crippen molar-refractivity contribution < 1.29 is 4.79 Å². The van der Waals surface area contributed by atoms with E-state index < -0.39 is 4.75 Å². The first-order chi connectivity index (χ1) is 10.1. The van der Waals surface area contributed by atoms with E-state index in [1.807, 2.05) is 37.4 Å². The SMILES string of the molecule is C[C@H](N=C1NC(=O)C(C)(c2ccncc2)S1)c1cccs1. The summed E-state index contributed by atoms with van der Waals surface area (Å²) in [5.41, 5.74) is 0.939. The van der Waals surface area contributed by atoms with Crippen LogP contribution in [0.15, 0.2) is 47.0 Å². The second-order valence-corrected chi connectivity index (χ2v) is 7.34. The molecule has 1 unspecified atom stereocenters. The van der Waals surface area contributed by atoms with Gasteiger partial charge in [-0.3, -0.25) is 14.8 Å². The first kappa shape index (κ1) is 14.3. The normalized spacial score (nSPS) is 25.0. The van der Waals surface area contributed by atoms with Gasteiger partial charge in [-0.15, -0.1) is 11.3 Å². The highest BCUT2D eigenvalue weighted by Gasteiger charge is 2.44. The lowest BCUT2D eigenvalue weighted by atomic mass is 10.0. The molecule has 21 heavy (non-hydrogen) atoms. The molecule has 1 amide bonds. The van der Waals surface area contributed by atoms with Crippen molar-refractivity contribution in [3.05, 3.63) is 52.5 Å². The van der Waals surface area contributed by atoms with E-state index in [2.05, 4.69) is 21.4 Å². The lowest BCUT2D eigenvalue weighted by Gasteiger charge is -2.18. The molecule has 0 spiro atoms. The molecule has 2 aromatic rings. The maximum Gasteiger partial charge on any atom is 0.246 e. The highest BCUT2D eigenvalue weighted by molar-refractivity contribution is 8.15. The maximum absolute atomic E-state index is 12.3. The summed E-state index contributed by atoms with van der Waals surface area (Å²) in [6.07, 6.45) is 3.41. The molecule has 1 N–H and O–H groups in total. The molecule has 1 aliphatic heterocycles. The minimum absolute atomic E-state index is 0.0316. The van der Waals surface area contributed by atoms with Gasteiger partial charge in [0.15, 0.2) is 5.17 Å². The van der Waals surface area contributed by atoms with Gasteiger partial charge in [-0.25, -0.2) is 0 Å². The molecule has 3 heterocycles. The second kappa shape index (κ2) is 5.61. The molecular weight excluding hydrogens is 302 g/mol. The second-order valence-electron chi connectivity index (χ2n) is 4.95. The molecule has 1 aliphatic rings. The average Bonchev–Trinajstić information content (AvgIpc) is 3.10. The highest BCUT2D eigenvalue weighted by Crippen LogP contribution is 2.41. The summed E-state index contributed by atoms with van der Waals surface area (Å²) in [4.78, 5) is 22.2. The summed E-state index contributed by atoms with van der Waals surface area (Å²) in [7, 11) is 0. The number of aliphatic imine (C=N–C) groups is 1. The minimum atomic E-state index is -0.642. The number of hydrogen-bond donors (Lipinski definition) is 1. The van der Waals surface area contributed by atoms with Crippen LogP contribution in [-0.4, -0.2) is 16.1 Å². The van der Waals surface area contributed by atoms with Crippen molar-refractivity contribution in [3.8, 4) is 0 Å². The van der Waals surface area contributed by atoms with Crippen molar-refractivity contribution in [2.24, 2.45) is 4.99 Å². The Morgan fingerprint density at radius 3 is 2.76 bits per heavy atom. The molecule has 3 rings (SSSR count). The fourth-order valence-electron chi connectivity index (χ4n) is 2.17. The van der Waals surface area contributed by atoms with Crippen LogP contribution in [0.1, 0.15) is 30.3 Å². The van der Waals surface area contributed by atoms with Crippen LogP contribution in [0, 0.1) is 0 Å². The van der Waals surface area contributed by atoms with Crippen LogP contribution in [0.25, 0.3) is 0 Å². The predicted molar refractivity (Wildman–Crippen MR) is 87.5 cm³/mol. The van der Waals surface area contributed by atoms with Gasteiger partial charge in [-0.05, 0) is 43.0 Å². The molecule has 4 nitrogen and oxygen atoms in total. The molecule has 108 valence electrons. The third-order valence-electron chi connectivity index (χ3n) is 3.45. The molecule has 0 aliphatic carbocycles. The van der Waals surface area contributed by atoms with E-state index in [0.717, 1.165) is 5.56 Å². The standard InChI is InChI=1S/C15H15N3OS2/c1-10(12-4-3-9-20-12)17-14-18-13(19)15(2,21-14)11-5-7-16-8-6-11/h3-10H,1-2H3,(H,17,18,19)/t10-,15?/m0/s1. The van der Waals surface area contributed by atoms with Crippen molar-refractivity contribution in [2.75, 3.05) is 0 Å². The highest BCUT2D eigenvalue weighted by atomic mass is 32.2. The van der Waals surface area contributed by atoms with E-state index in [0.29, 0.717) is 5.17 Å². The molecule has 6 heteroatoms. The summed E-state index contributed by atoms with van der Waals surface area (Å²) < 4.78 is -0.642. The van der Waals surface area contributed by atoms with Crippen LogP contribution in [0.4, 0.5) is 0 Å². The molecular formula is C15H15N3OS2. The molecule has 0 aromatic carbocycles. The molecule has 1 fully saturated rings. The lowest BCUT2D eigenvalue weighted by Crippen LogP contribution is -2.31. The smallest absolute Gasteiger partial charge is 0.246 e. The van der Waals surface area contributed by atoms with E-state index in [1.54, 1.807) is 23.7 Å². The van der Waals surface area contributed by atoms with Gasteiger partial charge in [-0.2, -0.15) is 0 Å². The topological polar surface area (TPSA) is 54.4 Å². The molecule has 2 aromatic heterocycles. The van der Waals surface area contributed by atoms with E-state index in [1.165, 1.54) is 16.6 Å². The average molecular weight is 317 g/mol. The number of nitrogens with zero attached hydrogens (tertiary/aromatic N) is 2. The van der Waals surface area contributed by atoms with Gasteiger partial charge in [0.05, 0.1) is 6.04 Å². The van der Waals surface area contributed by atoms with E-state index in [-0.39, 0.29) is 11.9 Å². The largest absolute Gasteiger partial charge is 0.304 e. The van der Waals surface area contributed by atoms with Crippen LogP contribution in [-0.2, 0) is 9.54 Å². The summed E-state index contributed by atoms with van der Waals surface area (Å²) >= 11 is 3.14. The zero-order valence-corrected chi connectivity index (χ0v) is 13.4. The Kier molecular flexibility index (Phi) is 3.82. The van der Waals surface area contributed by atoms with Crippen LogP contribution in [0.3, 0.4) is 0 Å². The Bertz CT molecular complexity index is 669. The molecule has 2 atom stereocenters. The van der Waals surface area contributed by atoms with E-state index >= 15 is 0 Å². The van der Waals surface area contributed by atoms with Gasteiger partial charge in [0.25, 0.3) is 0 Å². The number of hydrogen-bond acceptors (Lipinski definition) is 5. The van der Waals surface area contributed by atoms with Gasteiger partial charge in [0.1, 0.15) is 4.75 Å². The molecule has 0 bridgehead atoms. The number of rotatable bonds is 3.